The highest BCUT2D eigenvalue weighted by Gasteiger charge is 2.22. The van der Waals surface area contributed by atoms with Gasteiger partial charge >= 0.3 is 0 Å². The van der Waals surface area contributed by atoms with Gasteiger partial charge in [-0.15, -0.1) is 33.3 Å². The SMILES string of the molecule is CCC(Sc1nnc(CSc2ccc(C)cc2)n1C)C(=O)Nc1nccs1. The number of aromatic nitrogens is 4. The van der Waals surface area contributed by atoms with Crippen LogP contribution in [0.2, 0.25) is 0 Å². The number of carbonyl (C=O) groups excluding carboxylic acids is 1. The largest absolute Gasteiger partial charge is 0.308 e. The van der Waals surface area contributed by atoms with Gasteiger partial charge in [-0.25, -0.2) is 4.98 Å². The van der Waals surface area contributed by atoms with E-state index in [2.05, 4.69) is 51.7 Å². The Labute approximate surface area is 171 Å². The normalized spacial score (nSPS) is 12.1. The first-order valence-corrected chi connectivity index (χ1v) is 11.3. The van der Waals surface area contributed by atoms with E-state index in [-0.39, 0.29) is 11.2 Å². The van der Waals surface area contributed by atoms with Gasteiger partial charge < -0.3 is 9.88 Å². The summed E-state index contributed by atoms with van der Waals surface area (Å²) in [6.45, 7) is 4.07. The third-order valence-electron chi connectivity index (χ3n) is 3.89. The molecule has 27 heavy (non-hydrogen) atoms. The van der Waals surface area contributed by atoms with Gasteiger partial charge in [-0.2, -0.15) is 0 Å². The molecule has 1 amide bonds. The summed E-state index contributed by atoms with van der Waals surface area (Å²) in [4.78, 5) is 17.8. The van der Waals surface area contributed by atoms with E-state index in [0.717, 1.165) is 16.7 Å². The zero-order chi connectivity index (χ0) is 19.2. The summed E-state index contributed by atoms with van der Waals surface area (Å²) in [6.07, 6.45) is 2.37. The molecule has 1 N–H and O–H groups in total. The summed E-state index contributed by atoms with van der Waals surface area (Å²) in [7, 11) is 1.94. The molecule has 0 spiro atoms. The third kappa shape index (κ3) is 5.33. The summed E-state index contributed by atoms with van der Waals surface area (Å²) >= 11 is 4.57. The molecule has 0 saturated heterocycles. The Hall–Kier alpha value is -1.84. The molecule has 1 unspecified atom stereocenters. The van der Waals surface area contributed by atoms with Crippen molar-refractivity contribution in [2.75, 3.05) is 5.32 Å². The van der Waals surface area contributed by atoms with Gasteiger partial charge in [-0.05, 0) is 25.5 Å². The molecular weight excluding hydrogens is 398 g/mol. The van der Waals surface area contributed by atoms with Crippen LogP contribution in [0.15, 0.2) is 45.9 Å². The highest BCUT2D eigenvalue weighted by atomic mass is 32.2. The Morgan fingerprint density at radius 1 is 1.30 bits per heavy atom. The number of thioether (sulfide) groups is 2. The van der Waals surface area contributed by atoms with E-state index in [4.69, 9.17) is 0 Å². The van der Waals surface area contributed by atoms with Crippen molar-refractivity contribution >= 4 is 45.9 Å². The number of aryl methyl sites for hydroxylation is 1. The number of nitrogens with one attached hydrogen (secondary N) is 1. The third-order valence-corrected chi connectivity index (χ3v) is 6.98. The molecular formula is C18H21N5OS3. The van der Waals surface area contributed by atoms with Crippen LogP contribution in [0.3, 0.4) is 0 Å². The molecule has 0 aliphatic carbocycles. The topological polar surface area (TPSA) is 72.7 Å². The summed E-state index contributed by atoms with van der Waals surface area (Å²) in [6, 6.07) is 8.44. The minimum atomic E-state index is -0.241. The molecule has 0 aliphatic rings. The first-order valence-electron chi connectivity index (χ1n) is 8.51. The number of thiazole rings is 1. The van der Waals surface area contributed by atoms with Crippen LogP contribution in [0.25, 0.3) is 0 Å². The second-order valence-corrected chi connectivity index (χ2v) is 9.01. The van der Waals surface area contributed by atoms with E-state index in [9.17, 15) is 4.79 Å². The highest BCUT2D eigenvalue weighted by Crippen LogP contribution is 2.28. The van der Waals surface area contributed by atoms with Gasteiger partial charge in [-0.3, -0.25) is 4.79 Å². The van der Waals surface area contributed by atoms with Crippen LogP contribution in [0.1, 0.15) is 24.7 Å². The van der Waals surface area contributed by atoms with Crippen molar-refractivity contribution in [3.63, 3.8) is 0 Å². The lowest BCUT2D eigenvalue weighted by molar-refractivity contribution is -0.115. The van der Waals surface area contributed by atoms with Crippen molar-refractivity contribution < 1.29 is 4.79 Å². The van der Waals surface area contributed by atoms with Gasteiger partial charge in [0.15, 0.2) is 10.3 Å². The minimum absolute atomic E-state index is 0.0592. The molecule has 1 atom stereocenters. The van der Waals surface area contributed by atoms with E-state index >= 15 is 0 Å². The lowest BCUT2D eigenvalue weighted by atomic mass is 10.2. The van der Waals surface area contributed by atoms with E-state index < -0.39 is 0 Å². The van der Waals surface area contributed by atoms with E-state index in [1.165, 1.54) is 33.6 Å². The van der Waals surface area contributed by atoms with Crippen LogP contribution < -0.4 is 5.32 Å². The Kier molecular flexibility index (Phi) is 6.92. The average Bonchev–Trinajstić information content (AvgIpc) is 3.29. The molecule has 0 aliphatic heterocycles. The Balaban J connectivity index is 1.61. The molecule has 9 heteroatoms. The second kappa shape index (κ2) is 9.38. The average molecular weight is 420 g/mol. The Morgan fingerprint density at radius 2 is 2.07 bits per heavy atom. The molecule has 142 valence electrons. The fourth-order valence-electron chi connectivity index (χ4n) is 2.28. The molecule has 3 rings (SSSR count). The van der Waals surface area contributed by atoms with Crippen molar-refractivity contribution in [3.8, 4) is 0 Å². The van der Waals surface area contributed by atoms with Crippen molar-refractivity contribution in [2.45, 2.75) is 41.3 Å². The zero-order valence-electron chi connectivity index (χ0n) is 15.4. The number of anilines is 1. The first-order chi connectivity index (χ1) is 13.1. The highest BCUT2D eigenvalue weighted by molar-refractivity contribution is 8.00. The van der Waals surface area contributed by atoms with E-state index in [1.54, 1.807) is 18.0 Å². The fourth-order valence-corrected chi connectivity index (χ4v) is 4.62. The van der Waals surface area contributed by atoms with Gasteiger partial charge in [0.05, 0.1) is 11.0 Å². The van der Waals surface area contributed by atoms with Crippen LogP contribution in [0.5, 0.6) is 0 Å². The molecule has 1 aromatic carbocycles. The van der Waals surface area contributed by atoms with Crippen LogP contribution in [0, 0.1) is 6.92 Å². The predicted octanol–water partition coefficient (Wildman–Crippen LogP) is 4.38. The van der Waals surface area contributed by atoms with Crippen LogP contribution in [0.4, 0.5) is 5.13 Å². The molecule has 2 heterocycles. The number of benzene rings is 1. The lowest BCUT2D eigenvalue weighted by Gasteiger charge is -2.13. The molecule has 0 bridgehead atoms. The predicted molar refractivity (Wildman–Crippen MR) is 112 cm³/mol. The standard InChI is InChI=1S/C18H21N5OS3/c1-4-14(16(24)20-17-19-9-10-25-17)27-18-22-21-15(23(18)3)11-26-13-7-5-12(2)6-8-13/h5-10,14H,4,11H2,1-3H3,(H,19,20,24). The summed E-state index contributed by atoms with van der Waals surface area (Å²) in [5, 5.41) is 14.4. The second-order valence-electron chi connectivity index (χ2n) is 5.90. The van der Waals surface area contributed by atoms with E-state index in [0.29, 0.717) is 11.6 Å². The van der Waals surface area contributed by atoms with Crippen molar-refractivity contribution in [1.29, 1.82) is 0 Å². The molecule has 6 nitrogen and oxygen atoms in total. The fraction of sp³-hybridized carbons (Fsp3) is 0.333. The minimum Gasteiger partial charge on any atom is -0.308 e. The zero-order valence-corrected chi connectivity index (χ0v) is 17.8. The summed E-state index contributed by atoms with van der Waals surface area (Å²) in [5.41, 5.74) is 1.25. The number of hydrogen-bond donors (Lipinski definition) is 1. The van der Waals surface area contributed by atoms with Gasteiger partial charge in [-0.1, -0.05) is 36.4 Å². The Morgan fingerprint density at radius 3 is 2.74 bits per heavy atom. The van der Waals surface area contributed by atoms with Gasteiger partial charge in [0, 0.05) is 23.5 Å². The number of hydrogen-bond acceptors (Lipinski definition) is 7. The van der Waals surface area contributed by atoms with Crippen molar-refractivity contribution in [3.05, 3.63) is 47.2 Å². The van der Waals surface area contributed by atoms with Crippen LogP contribution >= 0.6 is 34.9 Å². The number of carbonyl (C=O) groups is 1. The number of amides is 1. The first kappa shape index (κ1) is 19.9. The van der Waals surface area contributed by atoms with Crippen LogP contribution in [-0.2, 0) is 17.6 Å². The van der Waals surface area contributed by atoms with E-state index in [1.807, 2.05) is 23.9 Å². The molecule has 0 saturated carbocycles. The maximum atomic E-state index is 12.5. The quantitative estimate of drug-likeness (QED) is 0.546. The van der Waals surface area contributed by atoms with Crippen molar-refractivity contribution in [2.24, 2.45) is 7.05 Å². The number of rotatable bonds is 8. The van der Waals surface area contributed by atoms with Gasteiger partial charge in [0.2, 0.25) is 5.91 Å². The lowest BCUT2D eigenvalue weighted by Crippen LogP contribution is -2.24. The summed E-state index contributed by atoms with van der Waals surface area (Å²) < 4.78 is 1.96. The van der Waals surface area contributed by atoms with Gasteiger partial charge in [0.1, 0.15) is 5.82 Å². The van der Waals surface area contributed by atoms with Gasteiger partial charge in [0.25, 0.3) is 0 Å². The monoisotopic (exact) mass is 419 g/mol. The molecule has 3 aromatic rings. The molecule has 2 aromatic heterocycles. The van der Waals surface area contributed by atoms with Crippen molar-refractivity contribution in [1.82, 2.24) is 19.7 Å². The smallest absolute Gasteiger partial charge is 0.239 e. The maximum absolute atomic E-state index is 12.5. The summed E-state index contributed by atoms with van der Waals surface area (Å²) in [5.74, 6) is 1.56. The molecule has 0 fully saturated rings. The number of nitrogens with zero attached hydrogens (tertiary/aromatic N) is 4. The van der Waals surface area contributed by atoms with Crippen LogP contribution in [-0.4, -0.2) is 30.9 Å². The maximum Gasteiger partial charge on any atom is 0.239 e. The molecule has 0 radical (unpaired) electrons. The Bertz CT molecular complexity index is 877.